The van der Waals surface area contributed by atoms with E-state index in [1.807, 2.05) is 30.3 Å². The molecule has 1 aromatic heterocycles. The quantitative estimate of drug-likeness (QED) is 0.806. The van der Waals surface area contributed by atoms with Crippen molar-refractivity contribution < 1.29 is 15.6 Å². The summed E-state index contributed by atoms with van der Waals surface area (Å²) in [5.74, 6) is -1.18. The van der Waals surface area contributed by atoms with E-state index in [9.17, 15) is 9.90 Å². The van der Waals surface area contributed by atoms with Crippen molar-refractivity contribution in [2.45, 2.75) is 6.54 Å². The van der Waals surface area contributed by atoms with Gasteiger partial charge in [0.05, 0.1) is 16.5 Å². The lowest BCUT2D eigenvalue weighted by molar-refractivity contribution is -0.386. The lowest BCUT2D eigenvalue weighted by atomic mass is 10.1. The minimum Gasteiger partial charge on any atom is -0.544 e. The van der Waals surface area contributed by atoms with Gasteiger partial charge in [0.15, 0.2) is 0 Å². The first-order chi connectivity index (χ1) is 7.72. The van der Waals surface area contributed by atoms with Crippen LogP contribution in [0.2, 0.25) is 0 Å². The number of carboxylic acid groups (broad SMARTS) is 1. The predicted octanol–water partition coefficient (Wildman–Crippen LogP) is -0.0845. The SMILES string of the molecule is [NH3+]Cc1nc(-c2ccccc2)c(C(=O)[O-])s1. The van der Waals surface area contributed by atoms with Crippen LogP contribution in [0, 0.1) is 0 Å². The van der Waals surface area contributed by atoms with Crippen molar-refractivity contribution >= 4 is 17.3 Å². The number of carboxylic acids is 1. The van der Waals surface area contributed by atoms with E-state index in [0.717, 1.165) is 16.9 Å². The third kappa shape index (κ3) is 1.95. The van der Waals surface area contributed by atoms with E-state index in [-0.39, 0.29) is 4.88 Å². The van der Waals surface area contributed by atoms with E-state index in [1.165, 1.54) is 0 Å². The Morgan fingerprint density at radius 1 is 1.38 bits per heavy atom. The van der Waals surface area contributed by atoms with E-state index in [4.69, 9.17) is 0 Å². The van der Waals surface area contributed by atoms with Crippen molar-refractivity contribution in [3.63, 3.8) is 0 Å². The van der Waals surface area contributed by atoms with Gasteiger partial charge in [0, 0.05) is 5.56 Å². The summed E-state index contributed by atoms with van der Waals surface area (Å²) in [6.45, 7) is 0.484. The Morgan fingerprint density at radius 3 is 2.62 bits per heavy atom. The second kappa shape index (κ2) is 4.42. The van der Waals surface area contributed by atoms with Crippen LogP contribution in [0.5, 0.6) is 0 Å². The Balaban J connectivity index is 2.55. The molecule has 0 atom stereocenters. The Labute approximate surface area is 96.4 Å². The fraction of sp³-hybridized carbons (Fsp3) is 0.0909. The van der Waals surface area contributed by atoms with Gasteiger partial charge in [0.25, 0.3) is 0 Å². The lowest BCUT2D eigenvalue weighted by Crippen LogP contribution is -2.47. The highest BCUT2D eigenvalue weighted by Crippen LogP contribution is 2.27. The molecule has 1 aromatic carbocycles. The zero-order valence-electron chi connectivity index (χ0n) is 8.47. The van der Waals surface area contributed by atoms with Gasteiger partial charge in [-0.05, 0) is 0 Å². The standard InChI is InChI=1S/C11H10N2O2S/c12-6-8-13-9(10(16-8)11(14)15)7-4-2-1-3-5-7/h1-5H,6,12H2,(H,14,15). The van der Waals surface area contributed by atoms with Gasteiger partial charge in [-0.1, -0.05) is 30.3 Å². The highest BCUT2D eigenvalue weighted by molar-refractivity contribution is 7.14. The molecule has 0 saturated heterocycles. The number of carbonyl (C=O) groups is 1. The molecule has 0 bridgehead atoms. The van der Waals surface area contributed by atoms with E-state index < -0.39 is 5.97 Å². The average Bonchev–Trinajstić information content (AvgIpc) is 2.74. The van der Waals surface area contributed by atoms with Gasteiger partial charge < -0.3 is 15.6 Å². The summed E-state index contributed by atoms with van der Waals surface area (Å²) >= 11 is 1.13. The first kappa shape index (κ1) is 10.8. The summed E-state index contributed by atoms with van der Waals surface area (Å²) in [4.78, 5) is 15.4. The minimum atomic E-state index is -1.18. The number of quaternary nitrogens is 1. The zero-order valence-corrected chi connectivity index (χ0v) is 9.29. The second-order valence-electron chi connectivity index (χ2n) is 3.19. The first-order valence-corrected chi connectivity index (χ1v) is 5.59. The van der Waals surface area contributed by atoms with Crippen LogP contribution in [-0.4, -0.2) is 11.0 Å². The number of thiazole rings is 1. The van der Waals surface area contributed by atoms with E-state index in [0.29, 0.717) is 17.2 Å². The highest BCUT2D eigenvalue weighted by Gasteiger charge is 2.13. The van der Waals surface area contributed by atoms with Crippen molar-refractivity contribution in [1.29, 1.82) is 0 Å². The van der Waals surface area contributed by atoms with E-state index >= 15 is 0 Å². The summed E-state index contributed by atoms with van der Waals surface area (Å²) < 4.78 is 0. The largest absolute Gasteiger partial charge is 0.544 e. The summed E-state index contributed by atoms with van der Waals surface area (Å²) in [7, 11) is 0. The number of hydrogen-bond acceptors (Lipinski definition) is 4. The molecule has 4 nitrogen and oxygen atoms in total. The molecule has 16 heavy (non-hydrogen) atoms. The fourth-order valence-electron chi connectivity index (χ4n) is 1.40. The van der Waals surface area contributed by atoms with Crippen LogP contribution in [0.3, 0.4) is 0 Å². The van der Waals surface area contributed by atoms with Crippen LogP contribution in [0.4, 0.5) is 0 Å². The molecule has 0 unspecified atom stereocenters. The fourth-order valence-corrected chi connectivity index (χ4v) is 2.22. The number of carbonyl (C=O) groups excluding carboxylic acids is 1. The molecule has 82 valence electrons. The van der Waals surface area contributed by atoms with Crippen molar-refractivity contribution in [3.05, 3.63) is 40.2 Å². The Kier molecular flexibility index (Phi) is 2.98. The molecule has 0 aliphatic rings. The van der Waals surface area contributed by atoms with Crippen LogP contribution in [0.1, 0.15) is 14.7 Å². The Bertz CT molecular complexity index is 508. The maximum atomic E-state index is 11.0. The molecule has 5 heteroatoms. The summed E-state index contributed by atoms with van der Waals surface area (Å²) in [6.07, 6.45) is 0. The van der Waals surface area contributed by atoms with Crippen molar-refractivity contribution in [2.75, 3.05) is 0 Å². The highest BCUT2D eigenvalue weighted by atomic mass is 32.1. The number of nitrogens with zero attached hydrogens (tertiary/aromatic N) is 1. The maximum Gasteiger partial charge on any atom is 0.148 e. The first-order valence-electron chi connectivity index (χ1n) is 4.78. The number of aromatic carboxylic acids is 1. The van der Waals surface area contributed by atoms with Gasteiger partial charge in [-0.3, -0.25) is 0 Å². The molecule has 0 radical (unpaired) electrons. The van der Waals surface area contributed by atoms with Gasteiger partial charge in [0.1, 0.15) is 11.6 Å². The molecule has 0 fully saturated rings. The maximum absolute atomic E-state index is 11.0. The van der Waals surface area contributed by atoms with Gasteiger partial charge in [-0.15, -0.1) is 11.3 Å². The van der Waals surface area contributed by atoms with Crippen molar-refractivity contribution in [3.8, 4) is 11.3 Å². The van der Waals surface area contributed by atoms with Gasteiger partial charge in [-0.2, -0.15) is 0 Å². The normalized spacial score (nSPS) is 10.3. The molecule has 1 heterocycles. The molecule has 0 saturated carbocycles. The third-order valence-electron chi connectivity index (χ3n) is 2.12. The smallest absolute Gasteiger partial charge is 0.148 e. The number of rotatable bonds is 3. The van der Waals surface area contributed by atoms with Crippen molar-refractivity contribution in [2.24, 2.45) is 0 Å². The van der Waals surface area contributed by atoms with E-state index in [1.54, 1.807) is 0 Å². The van der Waals surface area contributed by atoms with Gasteiger partial charge in [-0.25, -0.2) is 4.98 Å². The van der Waals surface area contributed by atoms with Crippen LogP contribution in [0.15, 0.2) is 30.3 Å². The average molecular weight is 234 g/mol. The topological polar surface area (TPSA) is 80.7 Å². The summed E-state index contributed by atoms with van der Waals surface area (Å²) in [6, 6.07) is 9.22. The van der Waals surface area contributed by atoms with Gasteiger partial charge in [0.2, 0.25) is 0 Å². The predicted molar refractivity (Wildman–Crippen MR) is 58.5 cm³/mol. The van der Waals surface area contributed by atoms with Gasteiger partial charge >= 0.3 is 0 Å². The summed E-state index contributed by atoms with van der Waals surface area (Å²) in [5, 5.41) is 11.7. The molecular weight excluding hydrogens is 224 g/mol. The van der Waals surface area contributed by atoms with Crippen LogP contribution >= 0.6 is 11.3 Å². The molecule has 0 aliphatic carbocycles. The molecule has 0 spiro atoms. The molecule has 2 rings (SSSR count). The zero-order chi connectivity index (χ0) is 11.5. The van der Waals surface area contributed by atoms with Crippen LogP contribution in [-0.2, 0) is 6.54 Å². The molecular formula is C11H10N2O2S. The Hall–Kier alpha value is -1.72. The summed E-state index contributed by atoms with van der Waals surface area (Å²) in [5.41, 5.74) is 4.96. The van der Waals surface area contributed by atoms with Crippen LogP contribution < -0.4 is 10.8 Å². The molecule has 3 N–H and O–H groups in total. The van der Waals surface area contributed by atoms with Crippen molar-refractivity contribution in [1.82, 2.24) is 4.98 Å². The number of aromatic nitrogens is 1. The molecule has 0 amide bonds. The third-order valence-corrected chi connectivity index (χ3v) is 3.21. The van der Waals surface area contributed by atoms with Crippen LogP contribution in [0.25, 0.3) is 11.3 Å². The number of hydrogen-bond donors (Lipinski definition) is 1. The lowest BCUT2D eigenvalue weighted by Gasteiger charge is -2.01. The second-order valence-corrected chi connectivity index (χ2v) is 4.27. The Morgan fingerprint density at radius 2 is 2.06 bits per heavy atom. The minimum absolute atomic E-state index is 0.171. The van der Waals surface area contributed by atoms with E-state index in [2.05, 4.69) is 10.7 Å². The monoisotopic (exact) mass is 234 g/mol. The molecule has 2 aromatic rings. The molecule has 0 aliphatic heterocycles. The number of benzene rings is 1.